The van der Waals surface area contributed by atoms with Gasteiger partial charge in [0.2, 0.25) is 0 Å². The van der Waals surface area contributed by atoms with Gasteiger partial charge in [-0.05, 0) is 47.0 Å². The summed E-state index contributed by atoms with van der Waals surface area (Å²) >= 11 is 8.53. The number of hydrogen-bond acceptors (Lipinski definition) is 3. The average Bonchev–Trinajstić information content (AvgIpc) is 2.63. The third kappa shape index (κ3) is 3.46. The van der Waals surface area contributed by atoms with Gasteiger partial charge in [0.05, 0.1) is 12.6 Å². The molecule has 1 atom stereocenters. The number of nitrogens with zero attached hydrogens (tertiary/aromatic N) is 1. The van der Waals surface area contributed by atoms with Crippen molar-refractivity contribution in [3.63, 3.8) is 0 Å². The molecule has 1 aromatic carbocycles. The number of rotatable bonds is 3. The molecule has 3 N–H and O–H groups in total. The Morgan fingerprint density at radius 2 is 2.21 bits per heavy atom. The number of hydrogen-bond donors (Lipinski definition) is 2. The second-order valence-corrected chi connectivity index (χ2v) is 6.20. The van der Waals surface area contributed by atoms with Crippen LogP contribution in [0.25, 0.3) is 0 Å². The van der Waals surface area contributed by atoms with E-state index in [4.69, 9.17) is 18.0 Å². The Labute approximate surface area is 127 Å². The molecule has 1 aliphatic rings. The summed E-state index contributed by atoms with van der Waals surface area (Å²) < 4.78 is 0.915. The fourth-order valence-electron chi connectivity index (χ4n) is 2.59. The molecule has 1 heterocycles. The Kier molecular flexibility index (Phi) is 5.19. The Morgan fingerprint density at radius 3 is 2.84 bits per heavy atom. The minimum absolute atomic E-state index is 0.203. The molecule has 1 unspecified atom stereocenters. The molecule has 2 rings (SSSR count). The molecular formula is C14H19BrN2OS. The van der Waals surface area contributed by atoms with Gasteiger partial charge < -0.3 is 15.7 Å². The maximum absolute atomic E-state index is 9.57. The molecule has 0 aromatic heterocycles. The van der Waals surface area contributed by atoms with Gasteiger partial charge in [-0.25, -0.2) is 0 Å². The second-order valence-electron chi connectivity index (χ2n) is 4.91. The van der Waals surface area contributed by atoms with Crippen LogP contribution in [0.5, 0.6) is 0 Å². The van der Waals surface area contributed by atoms with E-state index in [-0.39, 0.29) is 12.6 Å². The summed E-state index contributed by atoms with van der Waals surface area (Å²) in [7, 11) is 0. The van der Waals surface area contributed by atoms with Gasteiger partial charge >= 0.3 is 0 Å². The van der Waals surface area contributed by atoms with Gasteiger partial charge in [-0.15, -0.1) is 0 Å². The molecule has 104 valence electrons. The summed E-state index contributed by atoms with van der Waals surface area (Å²) in [5.41, 5.74) is 7.64. The van der Waals surface area contributed by atoms with Crippen LogP contribution in [0.3, 0.4) is 0 Å². The van der Waals surface area contributed by atoms with Crippen LogP contribution in [-0.4, -0.2) is 29.3 Å². The Balaban J connectivity index is 2.28. The normalized spacial score (nSPS) is 20.1. The van der Waals surface area contributed by atoms with Crippen molar-refractivity contribution >= 4 is 38.8 Å². The number of anilines is 1. The highest BCUT2D eigenvalue weighted by molar-refractivity contribution is 9.10. The standard InChI is InChI=1S/C14H19BrN2OS/c15-13-8-10(5-6-12(13)14(16)19)17-7-3-1-2-4-11(17)9-18/h5-6,8,11,18H,1-4,7,9H2,(H2,16,19). The Morgan fingerprint density at radius 1 is 1.42 bits per heavy atom. The quantitative estimate of drug-likeness (QED) is 0.829. The molecular weight excluding hydrogens is 324 g/mol. The van der Waals surface area contributed by atoms with E-state index in [0.29, 0.717) is 4.99 Å². The van der Waals surface area contributed by atoms with Crippen LogP contribution in [-0.2, 0) is 0 Å². The van der Waals surface area contributed by atoms with Gasteiger partial charge in [0, 0.05) is 22.3 Å². The minimum atomic E-state index is 0.203. The van der Waals surface area contributed by atoms with Gasteiger partial charge in [-0.3, -0.25) is 0 Å². The molecule has 1 fully saturated rings. The highest BCUT2D eigenvalue weighted by Gasteiger charge is 2.21. The molecule has 5 heteroatoms. The van der Waals surface area contributed by atoms with Crippen molar-refractivity contribution in [2.45, 2.75) is 31.7 Å². The van der Waals surface area contributed by atoms with Crippen LogP contribution in [0, 0.1) is 0 Å². The molecule has 1 aromatic rings. The number of halogens is 1. The molecule has 1 saturated heterocycles. The summed E-state index contributed by atoms with van der Waals surface area (Å²) in [6, 6.07) is 6.24. The largest absolute Gasteiger partial charge is 0.394 e. The summed E-state index contributed by atoms with van der Waals surface area (Å²) in [6.07, 6.45) is 4.64. The second kappa shape index (κ2) is 6.68. The number of aliphatic hydroxyl groups excluding tert-OH is 1. The molecule has 0 bridgehead atoms. The summed E-state index contributed by atoms with van der Waals surface area (Å²) in [5.74, 6) is 0. The van der Waals surface area contributed by atoms with Crippen LogP contribution in [0.4, 0.5) is 5.69 Å². The van der Waals surface area contributed by atoms with E-state index in [9.17, 15) is 5.11 Å². The van der Waals surface area contributed by atoms with Crippen molar-refractivity contribution < 1.29 is 5.11 Å². The summed E-state index contributed by atoms with van der Waals surface area (Å²) in [5, 5.41) is 9.57. The number of benzene rings is 1. The smallest absolute Gasteiger partial charge is 0.105 e. The SMILES string of the molecule is NC(=S)c1ccc(N2CCCCCC2CO)cc1Br. The molecule has 0 aliphatic carbocycles. The molecule has 0 radical (unpaired) electrons. The van der Waals surface area contributed by atoms with Crippen molar-refractivity contribution in [3.8, 4) is 0 Å². The number of nitrogens with two attached hydrogens (primary N) is 1. The zero-order valence-corrected chi connectivity index (χ0v) is 13.2. The zero-order chi connectivity index (χ0) is 13.8. The van der Waals surface area contributed by atoms with Crippen LogP contribution >= 0.6 is 28.1 Å². The lowest BCUT2D eigenvalue weighted by Crippen LogP contribution is -2.37. The van der Waals surface area contributed by atoms with Gasteiger partial charge in [0.15, 0.2) is 0 Å². The first-order valence-electron chi connectivity index (χ1n) is 6.60. The van der Waals surface area contributed by atoms with Crippen molar-refractivity contribution in [2.75, 3.05) is 18.1 Å². The lowest BCUT2D eigenvalue weighted by molar-refractivity contribution is 0.255. The molecule has 1 aliphatic heterocycles. The third-order valence-electron chi connectivity index (χ3n) is 3.64. The monoisotopic (exact) mass is 342 g/mol. The fourth-order valence-corrected chi connectivity index (χ4v) is 3.48. The van der Waals surface area contributed by atoms with E-state index in [1.165, 1.54) is 19.3 Å². The average molecular weight is 343 g/mol. The zero-order valence-electron chi connectivity index (χ0n) is 10.8. The van der Waals surface area contributed by atoms with Gasteiger partial charge in [-0.2, -0.15) is 0 Å². The molecule has 0 amide bonds. The lowest BCUT2D eigenvalue weighted by Gasteiger charge is -2.31. The number of aliphatic hydroxyl groups is 1. The maximum atomic E-state index is 9.57. The molecule has 0 saturated carbocycles. The van der Waals surface area contributed by atoms with E-state index in [0.717, 1.165) is 28.7 Å². The van der Waals surface area contributed by atoms with Crippen molar-refractivity contribution in [3.05, 3.63) is 28.2 Å². The fraction of sp³-hybridized carbons (Fsp3) is 0.500. The van der Waals surface area contributed by atoms with Gasteiger partial charge in [-0.1, -0.05) is 25.1 Å². The lowest BCUT2D eigenvalue weighted by atomic mass is 10.1. The van der Waals surface area contributed by atoms with E-state index in [1.807, 2.05) is 18.2 Å². The van der Waals surface area contributed by atoms with E-state index >= 15 is 0 Å². The summed E-state index contributed by atoms with van der Waals surface area (Å²) in [4.78, 5) is 2.69. The Bertz CT molecular complexity index is 467. The van der Waals surface area contributed by atoms with Gasteiger partial charge in [0.1, 0.15) is 4.99 Å². The van der Waals surface area contributed by atoms with E-state index < -0.39 is 0 Å². The maximum Gasteiger partial charge on any atom is 0.105 e. The first-order chi connectivity index (χ1) is 9.13. The van der Waals surface area contributed by atoms with Crippen LogP contribution in [0.15, 0.2) is 22.7 Å². The number of thiocarbonyl (C=S) groups is 1. The highest BCUT2D eigenvalue weighted by atomic mass is 79.9. The van der Waals surface area contributed by atoms with Crippen LogP contribution in [0.1, 0.15) is 31.2 Å². The molecule has 3 nitrogen and oxygen atoms in total. The van der Waals surface area contributed by atoms with Crippen LogP contribution < -0.4 is 10.6 Å². The van der Waals surface area contributed by atoms with Crippen LogP contribution in [0.2, 0.25) is 0 Å². The van der Waals surface area contributed by atoms with Crippen molar-refractivity contribution in [1.29, 1.82) is 0 Å². The topological polar surface area (TPSA) is 49.5 Å². The minimum Gasteiger partial charge on any atom is -0.394 e. The highest BCUT2D eigenvalue weighted by Crippen LogP contribution is 2.28. The predicted octanol–water partition coefficient (Wildman–Crippen LogP) is 2.82. The van der Waals surface area contributed by atoms with E-state index in [2.05, 4.69) is 20.8 Å². The molecule has 0 spiro atoms. The first kappa shape index (κ1) is 14.8. The third-order valence-corrected chi connectivity index (χ3v) is 4.51. The summed E-state index contributed by atoms with van der Waals surface area (Å²) in [6.45, 7) is 1.19. The Hall–Kier alpha value is -0.650. The first-order valence-corrected chi connectivity index (χ1v) is 7.80. The van der Waals surface area contributed by atoms with Crippen molar-refractivity contribution in [1.82, 2.24) is 0 Å². The van der Waals surface area contributed by atoms with E-state index in [1.54, 1.807) is 0 Å². The van der Waals surface area contributed by atoms with Crippen molar-refractivity contribution in [2.24, 2.45) is 5.73 Å². The van der Waals surface area contributed by atoms with Gasteiger partial charge in [0.25, 0.3) is 0 Å². The predicted molar refractivity (Wildman–Crippen MR) is 86.7 cm³/mol. The molecule has 19 heavy (non-hydrogen) atoms.